The van der Waals surface area contributed by atoms with E-state index in [4.69, 9.17) is 0 Å². The number of aromatic nitrogens is 2. The molecule has 18 heavy (non-hydrogen) atoms. The summed E-state index contributed by atoms with van der Waals surface area (Å²) in [5, 5.41) is 6.24. The van der Waals surface area contributed by atoms with Gasteiger partial charge in [0.1, 0.15) is 5.82 Å². The molecule has 2 aromatic rings. The smallest absolute Gasteiger partial charge is 0.224 e. The number of rotatable bonds is 4. The van der Waals surface area contributed by atoms with Crippen molar-refractivity contribution >= 4 is 17.5 Å². The minimum Gasteiger partial charge on any atom is -0.357 e. The third-order valence-electron chi connectivity index (χ3n) is 2.82. The number of benzene rings is 1. The average Bonchev–Trinajstić information content (AvgIpc) is 2.42. The Morgan fingerprint density at radius 1 is 1.17 bits per heavy atom. The molecular formula is C14H18N4. The van der Waals surface area contributed by atoms with Gasteiger partial charge in [-0.2, -0.15) is 4.98 Å². The number of aryl methyl sites for hydroxylation is 2. The summed E-state index contributed by atoms with van der Waals surface area (Å²) in [7, 11) is 1.81. The van der Waals surface area contributed by atoms with Crippen LogP contribution in [0.5, 0.6) is 0 Å². The van der Waals surface area contributed by atoms with E-state index in [1.807, 2.05) is 20.2 Å². The van der Waals surface area contributed by atoms with Crippen molar-refractivity contribution in [3.63, 3.8) is 0 Å². The van der Waals surface area contributed by atoms with Gasteiger partial charge < -0.3 is 10.6 Å². The molecule has 94 valence electrons. The SMILES string of the molecule is CCc1ccc(Nc2nc(NC)ncc2C)cc1. The Labute approximate surface area is 107 Å². The number of hydrogen-bond acceptors (Lipinski definition) is 4. The summed E-state index contributed by atoms with van der Waals surface area (Å²) in [5.74, 6) is 1.45. The van der Waals surface area contributed by atoms with Gasteiger partial charge in [0.05, 0.1) is 0 Å². The third kappa shape index (κ3) is 2.77. The molecule has 1 aromatic carbocycles. The zero-order chi connectivity index (χ0) is 13.0. The molecule has 0 fully saturated rings. The second kappa shape index (κ2) is 5.49. The Morgan fingerprint density at radius 2 is 1.89 bits per heavy atom. The Kier molecular flexibility index (Phi) is 3.77. The van der Waals surface area contributed by atoms with Gasteiger partial charge in [0.2, 0.25) is 5.95 Å². The molecule has 0 spiro atoms. The van der Waals surface area contributed by atoms with Gasteiger partial charge in [0.25, 0.3) is 0 Å². The highest BCUT2D eigenvalue weighted by atomic mass is 15.1. The number of nitrogens with one attached hydrogen (secondary N) is 2. The quantitative estimate of drug-likeness (QED) is 0.864. The molecule has 2 rings (SSSR count). The van der Waals surface area contributed by atoms with E-state index in [1.54, 1.807) is 0 Å². The average molecular weight is 242 g/mol. The highest BCUT2D eigenvalue weighted by Gasteiger charge is 2.03. The molecule has 0 unspecified atom stereocenters. The molecule has 0 saturated carbocycles. The van der Waals surface area contributed by atoms with E-state index in [0.717, 1.165) is 23.5 Å². The normalized spacial score (nSPS) is 10.2. The lowest BCUT2D eigenvalue weighted by Gasteiger charge is -2.10. The largest absolute Gasteiger partial charge is 0.357 e. The molecule has 0 amide bonds. The summed E-state index contributed by atoms with van der Waals surface area (Å²) >= 11 is 0. The van der Waals surface area contributed by atoms with Gasteiger partial charge >= 0.3 is 0 Å². The topological polar surface area (TPSA) is 49.8 Å². The minimum atomic E-state index is 0.619. The van der Waals surface area contributed by atoms with Crippen LogP contribution in [-0.4, -0.2) is 17.0 Å². The second-order valence-electron chi connectivity index (χ2n) is 4.15. The predicted octanol–water partition coefficient (Wildman–Crippen LogP) is 3.13. The summed E-state index contributed by atoms with van der Waals surface area (Å²) in [6, 6.07) is 8.38. The van der Waals surface area contributed by atoms with Crippen LogP contribution in [0.1, 0.15) is 18.1 Å². The van der Waals surface area contributed by atoms with Crippen molar-refractivity contribution in [3.05, 3.63) is 41.6 Å². The van der Waals surface area contributed by atoms with Crippen LogP contribution < -0.4 is 10.6 Å². The van der Waals surface area contributed by atoms with Crippen LogP contribution in [0.3, 0.4) is 0 Å². The maximum Gasteiger partial charge on any atom is 0.224 e. The molecule has 4 nitrogen and oxygen atoms in total. The Balaban J connectivity index is 2.21. The van der Waals surface area contributed by atoms with E-state index in [-0.39, 0.29) is 0 Å². The predicted molar refractivity (Wildman–Crippen MR) is 75.4 cm³/mol. The number of nitrogens with zero attached hydrogens (tertiary/aromatic N) is 2. The molecule has 2 N–H and O–H groups in total. The van der Waals surface area contributed by atoms with E-state index in [9.17, 15) is 0 Å². The van der Waals surface area contributed by atoms with Gasteiger partial charge in [-0.3, -0.25) is 0 Å². The zero-order valence-electron chi connectivity index (χ0n) is 11.0. The van der Waals surface area contributed by atoms with Crippen molar-refractivity contribution in [1.29, 1.82) is 0 Å². The fourth-order valence-corrected chi connectivity index (χ4v) is 1.65. The van der Waals surface area contributed by atoms with Crippen molar-refractivity contribution in [3.8, 4) is 0 Å². The molecule has 0 aliphatic heterocycles. The highest BCUT2D eigenvalue weighted by Crippen LogP contribution is 2.19. The van der Waals surface area contributed by atoms with Gasteiger partial charge in [-0.1, -0.05) is 19.1 Å². The van der Waals surface area contributed by atoms with Crippen molar-refractivity contribution in [2.24, 2.45) is 0 Å². The van der Waals surface area contributed by atoms with E-state index >= 15 is 0 Å². The first-order chi connectivity index (χ1) is 8.72. The molecule has 0 atom stereocenters. The lowest BCUT2D eigenvalue weighted by Crippen LogP contribution is -2.02. The standard InChI is InChI=1S/C14H18N4/c1-4-11-5-7-12(8-6-11)17-13-10(2)9-16-14(15-3)18-13/h5-9H,4H2,1-3H3,(H2,15,16,17,18). The molecule has 0 bridgehead atoms. The summed E-state index contributed by atoms with van der Waals surface area (Å²) in [6.07, 6.45) is 2.86. The zero-order valence-corrected chi connectivity index (χ0v) is 11.0. The molecule has 0 saturated heterocycles. The molecule has 0 radical (unpaired) electrons. The Bertz CT molecular complexity index is 520. The van der Waals surface area contributed by atoms with Crippen LogP contribution in [0.15, 0.2) is 30.5 Å². The number of hydrogen-bond donors (Lipinski definition) is 2. The lowest BCUT2D eigenvalue weighted by molar-refractivity contribution is 1.12. The molecule has 1 aromatic heterocycles. The maximum atomic E-state index is 4.40. The van der Waals surface area contributed by atoms with E-state index in [2.05, 4.69) is 51.8 Å². The van der Waals surface area contributed by atoms with Crippen LogP contribution in [0, 0.1) is 6.92 Å². The second-order valence-corrected chi connectivity index (χ2v) is 4.15. The first kappa shape index (κ1) is 12.4. The monoisotopic (exact) mass is 242 g/mol. The first-order valence-corrected chi connectivity index (χ1v) is 6.10. The van der Waals surface area contributed by atoms with Gasteiger partial charge in [-0.05, 0) is 31.0 Å². The van der Waals surface area contributed by atoms with Crippen LogP contribution in [0.4, 0.5) is 17.5 Å². The third-order valence-corrected chi connectivity index (χ3v) is 2.82. The fraction of sp³-hybridized carbons (Fsp3) is 0.286. The summed E-state index contributed by atoms with van der Waals surface area (Å²) < 4.78 is 0. The van der Waals surface area contributed by atoms with Crippen LogP contribution in [0.2, 0.25) is 0 Å². The van der Waals surface area contributed by atoms with Crippen LogP contribution >= 0.6 is 0 Å². The molecule has 0 aliphatic carbocycles. The molecular weight excluding hydrogens is 224 g/mol. The Hall–Kier alpha value is -2.10. The van der Waals surface area contributed by atoms with Crippen molar-refractivity contribution < 1.29 is 0 Å². The summed E-state index contributed by atoms with van der Waals surface area (Å²) in [6.45, 7) is 4.14. The first-order valence-electron chi connectivity index (χ1n) is 6.10. The van der Waals surface area contributed by atoms with Gasteiger partial charge in [-0.15, -0.1) is 0 Å². The van der Waals surface area contributed by atoms with Crippen LogP contribution in [-0.2, 0) is 6.42 Å². The van der Waals surface area contributed by atoms with Crippen molar-refractivity contribution in [2.75, 3.05) is 17.7 Å². The van der Waals surface area contributed by atoms with Crippen LogP contribution in [0.25, 0.3) is 0 Å². The fourth-order valence-electron chi connectivity index (χ4n) is 1.65. The highest BCUT2D eigenvalue weighted by molar-refractivity contribution is 5.60. The van der Waals surface area contributed by atoms with E-state index in [1.165, 1.54) is 5.56 Å². The van der Waals surface area contributed by atoms with E-state index in [0.29, 0.717) is 5.95 Å². The maximum absolute atomic E-state index is 4.40. The summed E-state index contributed by atoms with van der Waals surface area (Å²) in [4.78, 5) is 8.56. The molecule has 0 aliphatic rings. The van der Waals surface area contributed by atoms with Crippen molar-refractivity contribution in [1.82, 2.24) is 9.97 Å². The van der Waals surface area contributed by atoms with E-state index < -0.39 is 0 Å². The van der Waals surface area contributed by atoms with Gasteiger partial charge in [-0.25, -0.2) is 4.98 Å². The molecule has 1 heterocycles. The lowest BCUT2D eigenvalue weighted by atomic mass is 10.1. The summed E-state index contributed by atoms with van der Waals surface area (Å²) in [5.41, 5.74) is 3.39. The van der Waals surface area contributed by atoms with Crippen molar-refractivity contribution in [2.45, 2.75) is 20.3 Å². The minimum absolute atomic E-state index is 0.619. The van der Waals surface area contributed by atoms with Gasteiger partial charge in [0, 0.05) is 24.5 Å². The Morgan fingerprint density at radius 3 is 2.50 bits per heavy atom. The number of anilines is 3. The van der Waals surface area contributed by atoms with Gasteiger partial charge in [0.15, 0.2) is 0 Å². The molecule has 4 heteroatoms.